The van der Waals surface area contributed by atoms with Crippen molar-refractivity contribution >= 4 is 26.8 Å². The van der Waals surface area contributed by atoms with Crippen LogP contribution in [0.1, 0.15) is 11.3 Å². The first-order valence-electron chi connectivity index (χ1n) is 6.29. The van der Waals surface area contributed by atoms with Crippen LogP contribution in [0.3, 0.4) is 0 Å². The van der Waals surface area contributed by atoms with Crippen LogP contribution in [-0.2, 0) is 13.7 Å². The van der Waals surface area contributed by atoms with E-state index in [4.69, 9.17) is 4.74 Å². The van der Waals surface area contributed by atoms with E-state index >= 15 is 0 Å². The summed E-state index contributed by atoms with van der Waals surface area (Å²) in [6, 6.07) is 7.91. The molecule has 0 amide bonds. The molecular formula is C15H14BrN3O. The van der Waals surface area contributed by atoms with Gasteiger partial charge in [0.25, 0.3) is 0 Å². The van der Waals surface area contributed by atoms with Gasteiger partial charge in [0, 0.05) is 29.3 Å². The van der Waals surface area contributed by atoms with Gasteiger partial charge >= 0.3 is 0 Å². The fraction of sp³-hybridized carbons (Fsp3) is 0.200. The van der Waals surface area contributed by atoms with E-state index in [1.165, 1.54) is 0 Å². The zero-order chi connectivity index (χ0) is 14.1. The van der Waals surface area contributed by atoms with Gasteiger partial charge < -0.3 is 4.74 Å². The average Bonchev–Trinajstić information content (AvgIpc) is 2.74. The molecule has 3 rings (SSSR count). The standard InChI is InChI=1S/C15H14BrN3O/c1-10-8-19(2)18-15(10)9-20-13-3-4-14-11(6-13)5-12(16)7-17-14/h3-8H,9H2,1-2H3. The molecule has 0 atom stereocenters. The minimum atomic E-state index is 0.472. The van der Waals surface area contributed by atoms with E-state index in [1.807, 2.05) is 44.4 Å². The van der Waals surface area contributed by atoms with Crippen molar-refractivity contribution in [1.29, 1.82) is 0 Å². The van der Waals surface area contributed by atoms with E-state index in [-0.39, 0.29) is 0 Å². The number of hydrogen-bond donors (Lipinski definition) is 0. The Morgan fingerprint density at radius 2 is 2.15 bits per heavy atom. The molecule has 0 aliphatic heterocycles. The number of nitrogens with zero attached hydrogens (tertiary/aromatic N) is 3. The van der Waals surface area contributed by atoms with Crippen LogP contribution in [0.4, 0.5) is 0 Å². The van der Waals surface area contributed by atoms with Crippen LogP contribution in [0.25, 0.3) is 10.9 Å². The lowest BCUT2D eigenvalue weighted by Crippen LogP contribution is -1.99. The summed E-state index contributed by atoms with van der Waals surface area (Å²) in [6.07, 6.45) is 3.78. The highest BCUT2D eigenvalue weighted by Crippen LogP contribution is 2.23. The largest absolute Gasteiger partial charge is 0.487 e. The third-order valence-electron chi connectivity index (χ3n) is 3.11. The van der Waals surface area contributed by atoms with E-state index in [0.717, 1.165) is 32.4 Å². The van der Waals surface area contributed by atoms with Crippen LogP contribution in [0.5, 0.6) is 5.75 Å². The lowest BCUT2D eigenvalue weighted by molar-refractivity contribution is 0.299. The van der Waals surface area contributed by atoms with Crippen LogP contribution in [0.2, 0.25) is 0 Å². The Balaban J connectivity index is 1.82. The lowest BCUT2D eigenvalue weighted by atomic mass is 10.2. The molecule has 2 aromatic heterocycles. The maximum atomic E-state index is 5.82. The highest BCUT2D eigenvalue weighted by atomic mass is 79.9. The van der Waals surface area contributed by atoms with Gasteiger partial charge in [0.15, 0.2) is 0 Å². The van der Waals surface area contributed by atoms with Crippen LogP contribution < -0.4 is 4.74 Å². The number of aromatic nitrogens is 3. The van der Waals surface area contributed by atoms with Gasteiger partial charge in [-0.1, -0.05) is 0 Å². The molecule has 0 N–H and O–H groups in total. The van der Waals surface area contributed by atoms with E-state index < -0.39 is 0 Å². The van der Waals surface area contributed by atoms with E-state index in [2.05, 4.69) is 26.0 Å². The highest BCUT2D eigenvalue weighted by Gasteiger charge is 2.05. The van der Waals surface area contributed by atoms with Gasteiger partial charge in [-0.2, -0.15) is 5.10 Å². The van der Waals surface area contributed by atoms with E-state index in [0.29, 0.717) is 6.61 Å². The van der Waals surface area contributed by atoms with Crippen molar-refractivity contribution < 1.29 is 4.74 Å². The SMILES string of the molecule is Cc1cn(C)nc1COc1ccc2ncc(Br)cc2c1. The van der Waals surface area contributed by atoms with Gasteiger partial charge in [-0.05, 0) is 52.7 Å². The molecule has 1 aromatic carbocycles. The minimum absolute atomic E-state index is 0.472. The molecule has 4 nitrogen and oxygen atoms in total. The number of rotatable bonds is 3. The summed E-state index contributed by atoms with van der Waals surface area (Å²) >= 11 is 3.43. The summed E-state index contributed by atoms with van der Waals surface area (Å²) in [4.78, 5) is 4.34. The van der Waals surface area contributed by atoms with Crippen LogP contribution in [0.15, 0.2) is 41.1 Å². The van der Waals surface area contributed by atoms with Crippen molar-refractivity contribution in [3.63, 3.8) is 0 Å². The van der Waals surface area contributed by atoms with Crippen LogP contribution >= 0.6 is 15.9 Å². The molecule has 102 valence electrons. The van der Waals surface area contributed by atoms with Gasteiger partial charge in [-0.15, -0.1) is 0 Å². The summed E-state index contributed by atoms with van der Waals surface area (Å²) in [7, 11) is 1.91. The topological polar surface area (TPSA) is 39.9 Å². The Bertz CT molecular complexity index is 767. The summed E-state index contributed by atoms with van der Waals surface area (Å²) in [5.41, 5.74) is 3.05. The van der Waals surface area contributed by atoms with Gasteiger partial charge in [-0.25, -0.2) is 0 Å². The number of halogens is 1. The molecule has 0 aliphatic rings. The van der Waals surface area contributed by atoms with Gasteiger partial charge in [0.2, 0.25) is 0 Å². The zero-order valence-corrected chi connectivity index (χ0v) is 12.9. The van der Waals surface area contributed by atoms with Gasteiger partial charge in [0.05, 0.1) is 5.52 Å². The summed E-state index contributed by atoms with van der Waals surface area (Å²) in [5.74, 6) is 0.822. The number of ether oxygens (including phenoxy) is 1. The number of pyridine rings is 1. The van der Waals surface area contributed by atoms with Crippen LogP contribution in [0, 0.1) is 6.92 Å². The molecule has 0 saturated carbocycles. The fourth-order valence-electron chi connectivity index (χ4n) is 2.12. The van der Waals surface area contributed by atoms with Gasteiger partial charge in [-0.3, -0.25) is 9.67 Å². The number of aryl methyl sites for hydroxylation is 2. The van der Waals surface area contributed by atoms with Crippen molar-refractivity contribution in [2.45, 2.75) is 13.5 Å². The minimum Gasteiger partial charge on any atom is -0.487 e. The van der Waals surface area contributed by atoms with E-state index in [9.17, 15) is 0 Å². The average molecular weight is 332 g/mol. The highest BCUT2D eigenvalue weighted by molar-refractivity contribution is 9.10. The first-order chi connectivity index (χ1) is 9.61. The second kappa shape index (κ2) is 5.25. The number of fused-ring (bicyclic) bond motifs is 1. The molecule has 0 unspecified atom stereocenters. The molecular weight excluding hydrogens is 318 g/mol. The van der Waals surface area contributed by atoms with Crippen molar-refractivity contribution in [3.8, 4) is 5.75 Å². The number of benzene rings is 1. The van der Waals surface area contributed by atoms with Crippen molar-refractivity contribution in [2.24, 2.45) is 7.05 Å². The predicted molar refractivity (Wildman–Crippen MR) is 81.7 cm³/mol. The number of hydrogen-bond acceptors (Lipinski definition) is 3. The Hall–Kier alpha value is -1.88. The maximum Gasteiger partial charge on any atom is 0.132 e. The molecule has 0 bridgehead atoms. The van der Waals surface area contributed by atoms with E-state index in [1.54, 1.807) is 10.9 Å². The Labute approximate surface area is 125 Å². The summed E-state index contributed by atoms with van der Waals surface area (Å²) in [5, 5.41) is 5.42. The Kier molecular flexibility index (Phi) is 3.44. The fourth-order valence-corrected chi connectivity index (χ4v) is 2.47. The molecule has 0 spiro atoms. The molecule has 20 heavy (non-hydrogen) atoms. The molecule has 3 aromatic rings. The first-order valence-corrected chi connectivity index (χ1v) is 7.08. The van der Waals surface area contributed by atoms with Crippen molar-refractivity contribution in [3.05, 3.63) is 52.4 Å². The second-order valence-electron chi connectivity index (χ2n) is 4.73. The Morgan fingerprint density at radius 1 is 1.30 bits per heavy atom. The molecule has 0 fully saturated rings. The maximum absolute atomic E-state index is 5.82. The molecule has 0 radical (unpaired) electrons. The summed E-state index contributed by atoms with van der Waals surface area (Å²) in [6.45, 7) is 2.51. The molecule has 2 heterocycles. The summed E-state index contributed by atoms with van der Waals surface area (Å²) < 4.78 is 8.58. The first kappa shape index (κ1) is 13.1. The quantitative estimate of drug-likeness (QED) is 0.735. The molecule has 5 heteroatoms. The van der Waals surface area contributed by atoms with Crippen molar-refractivity contribution in [2.75, 3.05) is 0 Å². The lowest BCUT2D eigenvalue weighted by Gasteiger charge is -2.06. The third-order valence-corrected chi connectivity index (χ3v) is 3.54. The van der Waals surface area contributed by atoms with Crippen molar-refractivity contribution in [1.82, 2.24) is 14.8 Å². The smallest absolute Gasteiger partial charge is 0.132 e. The predicted octanol–water partition coefficient (Wildman–Crippen LogP) is 3.62. The Morgan fingerprint density at radius 3 is 2.90 bits per heavy atom. The van der Waals surface area contributed by atoms with Gasteiger partial charge in [0.1, 0.15) is 18.1 Å². The second-order valence-corrected chi connectivity index (χ2v) is 5.64. The zero-order valence-electron chi connectivity index (χ0n) is 11.3. The molecule has 0 aliphatic carbocycles. The normalized spacial score (nSPS) is 10.9. The third kappa shape index (κ3) is 2.67. The van der Waals surface area contributed by atoms with Crippen LogP contribution in [-0.4, -0.2) is 14.8 Å². The molecule has 0 saturated heterocycles. The monoisotopic (exact) mass is 331 g/mol.